The topological polar surface area (TPSA) is 84.9 Å². The molecule has 0 fully saturated rings. The molecule has 4 nitrogen and oxygen atoms in total. The number of carbonyl (C=O) groups is 1. The monoisotopic (exact) mass is 215 g/mol. The number of rotatable bonds is 3. The first-order valence-electron chi connectivity index (χ1n) is 4.92. The minimum Gasteiger partial charge on any atom is -0.364 e. The molecule has 4 heteroatoms. The normalized spacial score (nSPS) is 12.6. The van der Waals surface area contributed by atoms with E-state index < -0.39 is 5.91 Å². The van der Waals surface area contributed by atoms with Gasteiger partial charge >= 0.3 is 0 Å². The van der Waals surface area contributed by atoms with Crippen LogP contribution in [0.25, 0.3) is 10.9 Å². The fourth-order valence-electron chi connectivity index (χ4n) is 1.63. The number of benzene rings is 1. The van der Waals surface area contributed by atoms with Crippen molar-refractivity contribution in [2.75, 3.05) is 0 Å². The van der Waals surface area contributed by atoms with Gasteiger partial charge in [0.15, 0.2) is 0 Å². The molecule has 1 aromatic heterocycles. The number of amides is 1. The largest absolute Gasteiger partial charge is 0.364 e. The van der Waals surface area contributed by atoms with Crippen LogP contribution in [0, 0.1) is 0 Å². The number of nitrogens with one attached hydrogen (secondary N) is 1. The molecule has 0 saturated heterocycles. The Morgan fingerprint density at radius 3 is 2.81 bits per heavy atom. The Kier molecular flexibility index (Phi) is 2.50. The van der Waals surface area contributed by atoms with Gasteiger partial charge < -0.3 is 16.5 Å². The zero-order valence-corrected chi connectivity index (χ0v) is 8.73. The zero-order chi connectivity index (χ0) is 11.7. The number of H-pyrrole nitrogens is 1. The lowest BCUT2D eigenvalue weighted by atomic mass is 10.1. The molecule has 1 aromatic carbocycles. The number of aromatic nitrogens is 1. The summed E-state index contributed by atoms with van der Waals surface area (Å²) in [7, 11) is 0. The smallest absolute Gasteiger partial charge is 0.265 e. The molecule has 1 atom stereocenters. The fourth-order valence-corrected chi connectivity index (χ4v) is 1.63. The zero-order valence-electron chi connectivity index (χ0n) is 8.73. The van der Waals surface area contributed by atoms with Crippen LogP contribution >= 0.6 is 0 Å². The van der Waals surface area contributed by atoms with Gasteiger partial charge in [0.2, 0.25) is 0 Å². The molecule has 5 N–H and O–H groups in total. The van der Waals surface area contributed by atoms with Gasteiger partial charge in [0.05, 0.1) is 0 Å². The third-order valence-corrected chi connectivity index (χ3v) is 2.55. The summed E-state index contributed by atoms with van der Waals surface area (Å²) >= 11 is 0. The highest BCUT2D eigenvalue weighted by Gasteiger charge is 2.07. The van der Waals surface area contributed by atoms with Crippen molar-refractivity contribution in [2.45, 2.75) is 6.04 Å². The first kappa shape index (κ1) is 10.4. The summed E-state index contributed by atoms with van der Waals surface area (Å²) in [5.41, 5.74) is 13.3. The molecule has 0 bridgehead atoms. The van der Waals surface area contributed by atoms with Crippen molar-refractivity contribution in [3.05, 3.63) is 48.2 Å². The SMILES string of the molecule is C=CC(N)c1ccc2[nH]c(C(N)=O)cc2c1. The van der Waals surface area contributed by atoms with Crippen LogP contribution in [0.15, 0.2) is 36.9 Å². The second-order valence-electron chi connectivity index (χ2n) is 3.66. The van der Waals surface area contributed by atoms with Gasteiger partial charge in [0.25, 0.3) is 5.91 Å². The van der Waals surface area contributed by atoms with E-state index >= 15 is 0 Å². The molecule has 0 radical (unpaired) electrons. The quantitative estimate of drug-likeness (QED) is 0.677. The maximum Gasteiger partial charge on any atom is 0.265 e. The van der Waals surface area contributed by atoms with Crippen LogP contribution in [-0.2, 0) is 0 Å². The fraction of sp³-hybridized carbons (Fsp3) is 0.0833. The number of aromatic amines is 1. The highest BCUT2D eigenvalue weighted by atomic mass is 16.1. The average Bonchev–Trinajstić information content (AvgIpc) is 2.70. The van der Waals surface area contributed by atoms with Crippen molar-refractivity contribution >= 4 is 16.8 Å². The van der Waals surface area contributed by atoms with Crippen LogP contribution in [0.3, 0.4) is 0 Å². The lowest BCUT2D eigenvalue weighted by Crippen LogP contribution is -2.10. The predicted octanol–water partition coefficient (Wildman–Crippen LogP) is 1.45. The van der Waals surface area contributed by atoms with Crippen molar-refractivity contribution in [3.8, 4) is 0 Å². The van der Waals surface area contributed by atoms with Gasteiger partial charge in [-0.15, -0.1) is 6.58 Å². The molecule has 1 unspecified atom stereocenters. The first-order valence-corrected chi connectivity index (χ1v) is 4.92. The van der Waals surface area contributed by atoms with E-state index in [4.69, 9.17) is 11.5 Å². The number of hydrogen-bond acceptors (Lipinski definition) is 2. The minimum absolute atomic E-state index is 0.198. The Bertz CT molecular complexity index is 556. The Balaban J connectivity index is 2.53. The molecule has 2 rings (SSSR count). The molecule has 0 saturated carbocycles. The molecular weight excluding hydrogens is 202 g/mol. The summed E-state index contributed by atoms with van der Waals surface area (Å²) in [4.78, 5) is 13.9. The van der Waals surface area contributed by atoms with E-state index in [-0.39, 0.29) is 6.04 Å². The lowest BCUT2D eigenvalue weighted by Gasteiger charge is -2.05. The Morgan fingerprint density at radius 1 is 1.44 bits per heavy atom. The van der Waals surface area contributed by atoms with Crippen molar-refractivity contribution in [2.24, 2.45) is 11.5 Å². The summed E-state index contributed by atoms with van der Waals surface area (Å²) in [6, 6.07) is 7.22. The van der Waals surface area contributed by atoms with Crippen molar-refractivity contribution in [1.29, 1.82) is 0 Å². The highest BCUT2D eigenvalue weighted by Crippen LogP contribution is 2.20. The van der Waals surface area contributed by atoms with Gasteiger partial charge in [-0.2, -0.15) is 0 Å². The minimum atomic E-state index is -0.467. The summed E-state index contributed by atoms with van der Waals surface area (Å²) < 4.78 is 0. The third kappa shape index (κ3) is 1.70. The van der Waals surface area contributed by atoms with Crippen LogP contribution in [0.5, 0.6) is 0 Å². The van der Waals surface area contributed by atoms with Gasteiger partial charge in [-0.1, -0.05) is 12.1 Å². The number of fused-ring (bicyclic) bond motifs is 1. The van der Waals surface area contributed by atoms with Crippen molar-refractivity contribution < 1.29 is 4.79 Å². The molecule has 16 heavy (non-hydrogen) atoms. The highest BCUT2D eigenvalue weighted by molar-refractivity contribution is 5.97. The van der Waals surface area contributed by atoms with Gasteiger partial charge in [0, 0.05) is 16.9 Å². The number of hydrogen-bond donors (Lipinski definition) is 3. The predicted molar refractivity (Wildman–Crippen MR) is 63.9 cm³/mol. The van der Waals surface area contributed by atoms with Gasteiger partial charge in [-0.05, 0) is 23.8 Å². The van der Waals surface area contributed by atoms with Crippen LogP contribution < -0.4 is 11.5 Å². The van der Waals surface area contributed by atoms with Gasteiger partial charge in [0.1, 0.15) is 5.69 Å². The average molecular weight is 215 g/mol. The van der Waals surface area contributed by atoms with E-state index in [1.807, 2.05) is 18.2 Å². The lowest BCUT2D eigenvalue weighted by molar-refractivity contribution is 0.0996. The maximum absolute atomic E-state index is 11.0. The molecule has 0 spiro atoms. The van der Waals surface area contributed by atoms with Crippen LogP contribution in [-0.4, -0.2) is 10.9 Å². The second-order valence-corrected chi connectivity index (χ2v) is 3.66. The van der Waals surface area contributed by atoms with Gasteiger partial charge in [-0.3, -0.25) is 4.79 Å². The van der Waals surface area contributed by atoms with Crippen LogP contribution in [0.1, 0.15) is 22.1 Å². The molecule has 82 valence electrons. The summed E-state index contributed by atoms with van der Waals surface area (Å²) in [6.45, 7) is 3.64. The molecular formula is C12H13N3O. The molecule has 0 aliphatic rings. The maximum atomic E-state index is 11.0. The van der Waals surface area contributed by atoms with E-state index in [0.717, 1.165) is 16.5 Å². The summed E-state index contributed by atoms with van der Waals surface area (Å²) in [6.07, 6.45) is 1.67. The summed E-state index contributed by atoms with van der Waals surface area (Å²) in [5.74, 6) is -0.467. The Hall–Kier alpha value is -2.07. The standard InChI is InChI=1S/C12H13N3O/c1-2-9(13)7-3-4-10-8(5-7)6-11(15-10)12(14)16/h2-6,9,15H,1,13H2,(H2,14,16). The third-order valence-electron chi connectivity index (χ3n) is 2.55. The summed E-state index contributed by atoms with van der Waals surface area (Å²) in [5, 5.41) is 0.920. The van der Waals surface area contributed by atoms with Crippen LogP contribution in [0.2, 0.25) is 0 Å². The molecule has 0 aliphatic heterocycles. The van der Waals surface area contributed by atoms with E-state index in [9.17, 15) is 4.79 Å². The van der Waals surface area contributed by atoms with E-state index in [2.05, 4.69) is 11.6 Å². The van der Waals surface area contributed by atoms with Crippen LogP contribution in [0.4, 0.5) is 0 Å². The Labute approximate surface area is 92.9 Å². The van der Waals surface area contributed by atoms with E-state index in [1.54, 1.807) is 12.1 Å². The molecule has 2 aromatic rings. The van der Waals surface area contributed by atoms with Crippen molar-refractivity contribution in [3.63, 3.8) is 0 Å². The van der Waals surface area contributed by atoms with E-state index in [0.29, 0.717) is 5.69 Å². The second kappa shape index (κ2) is 3.83. The molecule has 0 aliphatic carbocycles. The number of primary amides is 1. The number of carbonyl (C=O) groups excluding carboxylic acids is 1. The Morgan fingerprint density at radius 2 is 2.19 bits per heavy atom. The first-order chi connectivity index (χ1) is 7.61. The van der Waals surface area contributed by atoms with Crippen molar-refractivity contribution in [1.82, 2.24) is 4.98 Å². The van der Waals surface area contributed by atoms with E-state index in [1.165, 1.54) is 0 Å². The molecule has 1 heterocycles. The van der Waals surface area contributed by atoms with Gasteiger partial charge in [-0.25, -0.2) is 0 Å². The molecule has 1 amide bonds. The number of nitrogens with two attached hydrogens (primary N) is 2.